The van der Waals surface area contributed by atoms with Gasteiger partial charge in [-0.15, -0.1) is 0 Å². The largest absolute Gasteiger partial charge is 0.481 e. The molecule has 16 nitrogen and oxygen atoms in total. The number of aliphatic hydroxyl groups is 1. The van der Waals surface area contributed by atoms with Gasteiger partial charge in [0.25, 0.3) is 0 Å². The van der Waals surface area contributed by atoms with Gasteiger partial charge in [0.05, 0.1) is 19.2 Å². The molecule has 4 unspecified atom stereocenters. The molecule has 0 spiro atoms. The van der Waals surface area contributed by atoms with Gasteiger partial charge in [-0.2, -0.15) is 0 Å². The highest BCUT2D eigenvalue weighted by Gasteiger charge is 2.28. The average Bonchev–Trinajstić information content (AvgIpc) is 2.91. The predicted molar refractivity (Wildman–Crippen MR) is 137 cm³/mol. The maximum Gasteiger partial charge on any atom is 0.322 e. The van der Waals surface area contributed by atoms with Crippen LogP contribution in [-0.2, 0) is 40.0 Å². The molecule has 0 aromatic heterocycles. The Morgan fingerprint density at radius 2 is 1.38 bits per heavy atom. The van der Waals surface area contributed by atoms with Crippen molar-refractivity contribution in [2.24, 2.45) is 5.73 Å². The maximum atomic E-state index is 12.7. The fourth-order valence-electron chi connectivity index (χ4n) is 3.20. The van der Waals surface area contributed by atoms with E-state index in [1.165, 1.54) is 6.92 Å². The lowest BCUT2D eigenvalue weighted by Gasteiger charge is -2.23. The fraction of sp³-hybridized carbons (Fsp3) is 0.458. The lowest BCUT2D eigenvalue weighted by Crippen LogP contribution is -2.58. The summed E-state index contributed by atoms with van der Waals surface area (Å²) < 4.78 is 0. The van der Waals surface area contributed by atoms with Gasteiger partial charge in [-0.1, -0.05) is 30.3 Å². The van der Waals surface area contributed by atoms with E-state index >= 15 is 0 Å². The number of benzene rings is 1. The molecule has 0 aliphatic carbocycles. The summed E-state index contributed by atoms with van der Waals surface area (Å²) in [5.74, 6) is -6.92. The molecule has 4 atom stereocenters. The summed E-state index contributed by atoms with van der Waals surface area (Å²) in [6.07, 6.45) is -0.714. The van der Waals surface area contributed by atoms with Gasteiger partial charge in [-0.05, 0) is 25.3 Å². The van der Waals surface area contributed by atoms with Gasteiger partial charge in [-0.25, -0.2) is 0 Å². The molecule has 0 aliphatic heterocycles. The van der Waals surface area contributed by atoms with Gasteiger partial charge in [0.2, 0.25) is 29.5 Å². The third kappa shape index (κ3) is 12.8. The minimum Gasteiger partial charge on any atom is -0.481 e. The number of carboxylic acid groups (broad SMARTS) is 2. The summed E-state index contributed by atoms with van der Waals surface area (Å²) in [4.78, 5) is 83.3. The Kier molecular flexibility index (Phi) is 14.3. The van der Waals surface area contributed by atoms with Crippen molar-refractivity contribution in [3.8, 4) is 0 Å². The molecule has 0 bridgehead atoms. The van der Waals surface area contributed by atoms with Crippen molar-refractivity contribution in [1.82, 2.24) is 26.6 Å². The minimum absolute atomic E-state index is 0.211. The summed E-state index contributed by atoms with van der Waals surface area (Å²) in [5, 5.41) is 38.2. The number of aliphatic carboxylic acids is 2. The molecule has 1 rings (SSSR count). The van der Waals surface area contributed by atoms with Crippen molar-refractivity contribution >= 4 is 41.5 Å². The van der Waals surface area contributed by atoms with Crippen molar-refractivity contribution in [3.63, 3.8) is 0 Å². The summed E-state index contributed by atoms with van der Waals surface area (Å²) in [6.45, 7) is -0.952. The van der Waals surface area contributed by atoms with E-state index in [2.05, 4.69) is 21.3 Å². The molecule has 0 saturated carbocycles. The van der Waals surface area contributed by atoms with Crippen molar-refractivity contribution in [3.05, 3.63) is 35.9 Å². The first-order valence-electron chi connectivity index (χ1n) is 12.1. The number of hydrogen-bond donors (Lipinski definition) is 9. The van der Waals surface area contributed by atoms with E-state index in [-0.39, 0.29) is 12.8 Å². The normalized spacial score (nSPS) is 13.5. The van der Waals surface area contributed by atoms with Crippen LogP contribution in [0.4, 0.5) is 0 Å². The first-order chi connectivity index (χ1) is 18.8. The number of carboxylic acids is 2. The highest BCUT2D eigenvalue weighted by molar-refractivity contribution is 5.95. The van der Waals surface area contributed by atoms with Crippen LogP contribution in [0.3, 0.4) is 0 Å². The number of rotatable bonds is 17. The zero-order valence-electron chi connectivity index (χ0n) is 21.7. The Balaban J connectivity index is 2.72. The second-order valence-electron chi connectivity index (χ2n) is 8.65. The van der Waals surface area contributed by atoms with Crippen molar-refractivity contribution in [1.29, 1.82) is 0 Å². The van der Waals surface area contributed by atoms with Crippen molar-refractivity contribution < 1.29 is 48.9 Å². The molecule has 1 aromatic carbocycles. The molecule has 0 aliphatic rings. The maximum absolute atomic E-state index is 12.7. The Morgan fingerprint density at radius 3 is 1.95 bits per heavy atom. The highest BCUT2D eigenvalue weighted by Crippen LogP contribution is 2.02. The molecular formula is C24H34N6O10. The van der Waals surface area contributed by atoms with Crippen LogP contribution in [0.5, 0.6) is 0 Å². The monoisotopic (exact) mass is 566 g/mol. The van der Waals surface area contributed by atoms with Crippen LogP contribution < -0.4 is 32.3 Å². The van der Waals surface area contributed by atoms with E-state index in [1.54, 1.807) is 30.3 Å². The summed E-state index contributed by atoms with van der Waals surface area (Å²) in [6, 6.07) is 3.67. The first-order valence-corrected chi connectivity index (χ1v) is 12.1. The number of nitrogens with two attached hydrogens (primary N) is 1. The van der Waals surface area contributed by atoms with E-state index in [0.29, 0.717) is 0 Å². The van der Waals surface area contributed by atoms with Crippen LogP contribution >= 0.6 is 0 Å². The number of aliphatic hydroxyl groups excluding tert-OH is 1. The van der Waals surface area contributed by atoms with Crippen LogP contribution in [0.15, 0.2) is 30.3 Å². The number of nitrogens with one attached hydrogen (secondary N) is 5. The molecule has 0 fully saturated rings. The van der Waals surface area contributed by atoms with Crippen LogP contribution in [-0.4, -0.2) is 101 Å². The Bertz CT molecular complexity index is 1070. The molecule has 0 saturated heterocycles. The Morgan fingerprint density at radius 1 is 0.775 bits per heavy atom. The lowest BCUT2D eigenvalue weighted by atomic mass is 10.1. The topological polar surface area (TPSA) is 266 Å². The van der Waals surface area contributed by atoms with Gasteiger partial charge in [0, 0.05) is 6.42 Å². The third-order valence-corrected chi connectivity index (χ3v) is 5.34. The molecule has 1 aromatic rings. The summed E-state index contributed by atoms with van der Waals surface area (Å²) in [5.41, 5.74) is 6.67. The molecular weight excluding hydrogens is 532 g/mol. The summed E-state index contributed by atoms with van der Waals surface area (Å²) in [7, 11) is 0. The van der Waals surface area contributed by atoms with Crippen LogP contribution in [0.1, 0.15) is 25.3 Å². The van der Waals surface area contributed by atoms with Gasteiger partial charge in [0.15, 0.2) is 0 Å². The average molecular weight is 567 g/mol. The standard InChI is InChI=1S/C24H34N6O10/c1-13(21(37)27-11-20(35)36)28-24(40)17(12-31)30-23(39)16(7-8-19(33)34)29-18(32)10-26-22(38)15(25)9-14-5-3-2-4-6-14/h2-6,13,15-17,31H,7-12,25H2,1H3,(H,26,38)(H,27,37)(H,28,40)(H,29,32)(H,30,39)(H,33,34)(H,35,36). The molecule has 16 heteroatoms. The van der Waals surface area contributed by atoms with Gasteiger partial charge < -0.3 is 47.6 Å². The molecule has 40 heavy (non-hydrogen) atoms. The zero-order valence-corrected chi connectivity index (χ0v) is 21.7. The second kappa shape index (κ2) is 17.1. The minimum atomic E-state index is -1.60. The van der Waals surface area contributed by atoms with Crippen LogP contribution in [0.2, 0.25) is 0 Å². The van der Waals surface area contributed by atoms with E-state index in [9.17, 15) is 38.7 Å². The van der Waals surface area contributed by atoms with Gasteiger partial charge >= 0.3 is 11.9 Å². The lowest BCUT2D eigenvalue weighted by molar-refractivity contribution is -0.139. The third-order valence-electron chi connectivity index (χ3n) is 5.34. The SMILES string of the molecule is CC(NC(=O)C(CO)NC(=O)C(CCC(=O)O)NC(=O)CNC(=O)C(N)Cc1ccccc1)C(=O)NCC(=O)O. The van der Waals surface area contributed by atoms with E-state index in [1.807, 2.05) is 5.32 Å². The Labute approximate surface area is 229 Å². The second-order valence-corrected chi connectivity index (χ2v) is 8.65. The summed E-state index contributed by atoms with van der Waals surface area (Å²) >= 11 is 0. The van der Waals surface area contributed by atoms with Gasteiger partial charge in [-0.3, -0.25) is 33.6 Å². The highest BCUT2D eigenvalue weighted by atomic mass is 16.4. The number of hydrogen-bond acceptors (Lipinski definition) is 9. The smallest absolute Gasteiger partial charge is 0.322 e. The molecule has 5 amide bonds. The van der Waals surface area contributed by atoms with Gasteiger partial charge in [0.1, 0.15) is 24.7 Å². The van der Waals surface area contributed by atoms with Crippen molar-refractivity contribution in [2.75, 3.05) is 19.7 Å². The molecule has 0 heterocycles. The molecule has 0 radical (unpaired) electrons. The Hall–Kier alpha value is -4.57. The van der Waals surface area contributed by atoms with Crippen molar-refractivity contribution in [2.45, 2.75) is 50.4 Å². The number of carbonyl (C=O) groups excluding carboxylic acids is 5. The van der Waals surface area contributed by atoms with E-state index < -0.39 is 91.8 Å². The van der Waals surface area contributed by atoms with E-state index in [0.717, 1.165) is 5.56 Å². The number of amides is 5. The number of carbonyl (C=O) groups is 7. The predicted octanol–water partition coefficient (Wildman–Crippen LogP) is -3.80. The fourth-order valence-corrected chi connectivity index (χ4v) is 3.20. The van der Waals surface area contributed by atoms with Crippen LogP contribution in [0, 0.1) is 0 Å². The molecule has 10 N–H and O–H groups in total. The molecule has 220 valence electrons. The quantitative estimate of drug-likeness (QED) is 0.0882. The first kappa shape index (κ1) is 33.5. The zero-order chi connectivity index (χ0) is 30.2. The van der Waals surface area contributed by atoms with Crippen LogP contribution in [0.25, 0.3) is 0 Å². The van der Waals surface area contributed by atoms with E-state index in [4.69, 9.17) is 15.9 Å².